The fourth-order valence-electron chi connectivity index (χ4n) is 1.97. The predicted molar refractivity (Wildman–Crippen MR) is 82.1 cm³/mol. The summed E-state index contributed by atoms with van der Waals surface area (Å²) in [7, 11) is 0. The summed E-state index contributed by atoms with van der Waals surface area (Å²) in [5.74, 6) is 5.57. The van der Waals surface area contributed by atoms with Crippen LogP contribution < -0.4 is 5.32 Å². The lowest BCUT2D eigenvalue weighted by Gasteiger charge is -2.08. The second kappa shape index (κ2) is 6.69. The molecule has 0 bridgehead atoms. The quantitative estimate of drug-likeness (QED) is 0.830. The van der Waals surface area contributed by atoms with Crippen LogP contribution in [0.1, 0.15) is 27.0 Å². The molecule has 1 amide bonds. The zero-order valence-electron chi connectivity index (χ0n) is 12.0. The van der Waals surface area contributed by atoms with Gasteiger partial charge in [-0.3, -0.25) is 4.79 Å². The number of aliphatic hydroxyl groups excluding tert-OH is 1. The van der Waals surface area contributed by atoms with Crippen LogP contribution in [0, 0.1) is 25.7 Å². The highest BCUT2D eigenvalue weighted by molar-refractivity contribution is 6.04. The second-order valence-electron chi connectivity index (χ2n) is 4.66. The predicted octanol–water partition coefficient (Wildman–Crippen LogP) is 2.29. The van der Waals surface area contributed by atoms with Gasteiger partial charge in [-0.25, -0.2) is 4.98 Å². The minimum atomic E-state index is -0.202. The van der Waals surface area contributed by atoms with Gasteiger partial charge in [0.05, 0.1) is 0 Å². The Morgan fingerprint density at radius 2 is 2.10 bits per heavy atom. The summed E-state index contributed by atoms with van der Waals surface area (Å²) in [4.78, 5) is 16.3. The second-order valence-corrected chi connectivity index (χ2v) is 4.66. The summed E-state index contributed by atoms with van der Waals surface area (Å²) >= 11 is 0. The fourth-order valence-corrected chi connectivity index (χ4v) is 1.97. The third kappa shape index (κ3) is 3.91. The monoisotopic (exact) mass is 280 g/mol. The standard InChI is InChI=1S/C17H16N2O2/c1-12-5-6-15(13(2)10-12)17(21)19-16-11-14(4-3-9-20)7-8-18-16/h5-8,10-11,20H,9H2,1-2H3,(H,18,19,21). The molecular weight excluding hydrogens is 264 g/mol. The molecule has 0 aliphatic carbocycles. The van der Waals surface area contributed by atoms with Crippen LogP contribution in [-0.4, -0.2) is 22.6 Å². The van der Waals surface area contributed by atoms with Crippen molar-refractivity contribution in [2.45, 2.75) is 13.8 Å². The first-order valence-corrected chi connectivity index (χ1v) is 6.54. The maximum atomic E-state index is 12.2. The SMILES string of the molecule is Cc1ccc(C(=O)Nc2cc(C#CCO)ccn2)c(C)c1. The van der Waals surface area contributed by atoms with E-state index in [9.17, 15) is 4.79 Å². The van der Waals surface area contributed by atoms with E-state index in [-0.39, 0.29) is 12.5 Å². The van der Waals surface area contributed by atoms with Gasteiger partial charge in [0.2, 0.25) is 0 Å². The van der Waals surface area contributed by atoms with Crippen LogP contribution in [0.25, 0.3) is 0 Å². The molecule has 2 N–H and O–H groups in total. The summed E-state index contributed by atoms with van der Waals surface area (Å²) in [5, 5.41) is 11.4. The van der Waals surface area contributed by atoms with Crippen LogP contribution in [0.4, 0.5) is 5.82 Å². The average Bonchev–Trinajstić information content (AvgIpc) is 2.45. The van der Waals surface area contributed by atoms with E-state index in [1.165, 1.54) is 0 Å². The number of anilines is 1. The van der Waals surface area contributed by atoms with Crippen molar-refractivity contribution >= 4 is 11.7 Å². The lowest BCUT2D eigenvalue weighted by Crippen LogP contribution is -2.14. The van der Waals surface area contributed by atoms with Crippen molar-refractivity contribution in [1.29, 1.82) is 0 Å². The van der Waals surface area contributed by atoms with Crippen molar-refractivity contribution in [3.63, 3.8) is 0 Å². The van der Waals surface area contributed by atoms with Crippen molar-refractivity contribution in [3.05, 3.63) is 58.8 Å². The largest absolute Gasteiger partial charge is 0.384 e. The van der Waals surface area contributed by atoms with Gasteiger partial charge in [0.1, 0.15) is 12.4 Å². The van der Waals surface area contributed by atoms with E-state index in [0.29, 0.717) is 16.9 Å². The maximum absolute atomic E-state index is 12.2. The normalized spacial score (nSPS) is 9.67. The summed E-state index contributed by atoms with van der Waals surface area (Å²) in [6, 6.07) is 9.05. The molecule has 0 atom stereocenters. The number of pyridine rings is 1. The Labute approximate surface area is 123 Å². The average molecular weight is 280 g/mol. The van der Waals surface area contributed by atoms with Gasteiger partial charge in [0.25, 0.3) is 5.91 Å². The summed E-state index contributed by atoms with van der Waals surface area (Å²) in [6.45, 7) is 3.69. The molecule has 0 radical (unpaired) electrons. The maximum Gasteiger partial charge on any atom is 0.257 e. The first kappa shape index (κ1) is 14.8. The van der Waals surface area contributed by atoms with E-state index in [1.54, 1.807) is 24.4 Å². The molecule has 21 heavy (non-hydrogen) atoms. The minimum absolute atomic E-state index is 0.202. The lowest BCUT2D eigenvalue weighted by atomic mass is 10.1. The van der Waals surface area contributed by atoms with Crippen molar-refractivity contribution in [1.82, 2.24) is 4.98 Å². The smallest absolute Gasteiger partial charge is 0.257 e. The molecule has 4 heteroatoms. The van der Waals surface area contributed by atoms with E-state index >= 15 is 0 Å². The van der Waals surface area contributed by atoms with Crippen LogP contribution >= 0.6 is 0 Å². The Kier molecular flexibility index (Phi) is 4.70. The highest BCUT2D eigenvalue weighted by atomic mass is 16.2. The molecule has 0 aliphatic rings. The van der Waals surface area contributed by atoms with Crippen LogP contribution in [0.2, 0.25) is 0 Å². The number of hydrogen-bond donors (Lipinski definition) is 2. The number of aromatic nitrogens is 1. The van der Waals surface area contributed by atoms with Gasteiger partial charge in [-0.05, 0) is 37.6 Å². The van der Waals surface area contributed by atoms with E-state index in [1.807, 2.05) is 26.0 Å². The zero-order valence-corrected chi connectivity index (χ0v) is 12.0. The Hall–Kier alpha value is -2.64. The molecule has 2 rings (SSSR count). The third-order valence-corrected chi connectivity index (χ3v) is 2.94. The summed E-state index contributed by atoms with van der Waals surface area (Å²) in [5.41, 5.74) is 3.34. The summed E-state index contributed by atoms with van der Waals surface area (Å²) in [6.07, 6.45) is 1.57. The number of rotatable bonds is 2. The van der Waals surface area contributed by atoms with Crippen molar-refractivity contribution in [2.75, 3.05) is 11.9 Å². The first-order valence-electron chi connectivity index (χ1n) is 6.54. The first-order chi connectivity index (χ1) is 10.1. The number of aliphatic hydroxyl groups is 1. The number of hydrogen-bond acceptors (Lipinski definition) is 3. The van der Waals surface area contributed by atoms with Crippen molar-refractivity contribution in [2.24, 2.45) is 0 Å². The number of carbonyl (C=O) groups excluding carboxylic acids is 1. The van der Waals surface area contributed by atoms with E-state index in [4.69, 9.17) is 5.11 Å². The number of aryl methyl sites for hydroxylation is 2. The van der Waals surface area contributed by atoms with Gasteiger partial charge in [-0.1, -0.05) is 29.5 Å². The Balaban J connectivity index is 2.19. The van der Waals surface area contributed by atoms with E-state index in [0.717, 1.165) is 11.1 Å². The van der Waals surface area contributed by atoms with Gasteiger partial charge in [0.15, 0.2) is 0 Å². The van der Waals surface area contributed by atoms with Crippen LogP contribution in [-0.2, 0) is 0 Å². The molecule has 0 fully saturated rings. The fraction of sp³-hybridized carbons (Fsp3) is 0.176. The van der Waals surface area contributed by atoms with Crippen LogP contribution in [0.3, 0.4) is 0 Å². The molecular formula is C17H16N2O2. The van der Waals surface area contributed by atoms with Gasteiger partial charge in [-0.15, -0.1) is 0 Å². The Morgan fingerprint density at radius 3 is 2.81 bits per heavy atom. The zero-order chi connectivity index (χ0) is 15.2. The third-order valence-electron chi connectivity index (χ3n) is 2.94. The number of nitrogens with one attached hydrogen (secondary N) is 1. The van der Waals surface area contributed by atoms with Crippen LogP contribution in [0.5, 0.6) is 0 Å². The number of amides is 1. The molecule has 0 spiro atoms. The highest BCUT2D eigenvalue weighted by Crippen LogP contribution is 2.13. The van der Waals surface area contributed by atoms with Crippen LogP contribution in [0.15, 0.2) is 36.5 Å². The molecule has 106 valence electrons. The molecule has 2 aromatic rings. The Bertz CT molecular complexity index is 727. The topological polar surface area (TPSA) is 62.2 Å². The van der Waals surface area contributed by atoms with E-state index < -0.39 is 0 Å². The van der Waals surface area contributed by atoms with Gasteiger partial charge >= 0.3 is 0 Å². The molecule has 0 saturated heterocycles. The highest BCUT2D eigenvalue weighted by Gasteiger charge is 2.09. The Morgan fingerprint density at radius 1 is 1.29 bits per heavy atom. The summed E-state index contributed by atoms with van der Waals surface area (Å²) < 4.78 is 0. The van der Waals surface area contributed by atoms with Crippen molar-refractivity contribution in [3.8, 4) is 11.8 Å². The lowest BCUT2D eigenvalue weighted by molar-refractivity contribution is 0.102. The number of carbonyl (C=O) groups is 1. The van der Waals surface area contributed by atoms with Crippen molar-refractivity contribution < 1.29 is 9.90 Å². The molecule has 4 nitrogen and oxygen atoms in total. The molecule has 1 heterocycles. The molecule has 0 aliphatic heterocycles. The molecule has 1 aromatic heterocycles. The number of nitrogens with zero attached hydrogens (tertiary/aromatic N) is 1. The van der Waals surface area contributed by atoms with E-state index in [2.05, 4.69) is 22.1 Å². The van der Waals surface area contributed by atoms with Gasteiger partial charge in [0, 0.05) is 17.3 Å². The molecule has 0 unspecified atom stereocenters. The van der Waals surface area contributed by atoms with Gasteiger partial charge < -0.3 is 10.4 Å². The van der Waals surface area contributed by atoms with Gasteiger partial charge in [-0.2, -0.15) is 0 Å². The minimum Gasteiger partial charge on any atom is -0.384 e. The number of benzene rings is 1. The molecule has 1 aromatic carbocycles. The molecule has 0 saturated carbocycles.